The molecule has 0 N–H and O–H groups in total. The van der Waals surface area contributed by atoms with Crippen LogP contribution in [-0.2, 0) is 16.6 Å². The summed E-state index contributed by atoms with van der Waals surface area (Å²) in [5, 5.41) is 8.98. The van der Waals surface area contributed by atoms with Gasteiger partial charge < -0.3 is 0 Å². The average Bonchev–Trinajstić information content (AvgIpc) is 2.77. The molecule has 0 spiro atoms. The zero-order valence-corrected chi connectivity index (χ0v) is 17.3. The summed E-state index contributed by atoms with van der Waals surface area (Å²) < 4.78 is 27.2. The smallest absolute Gasteiger partial charge is 0.214 e. The van der Waals surface area contributed by atoms with Crippen LogP contribution in [0.1, 0.15) is 36.6 Å². The molecule has 148 valence electrons. The fourth-order valence-corrected chi connectivity index (χ4v) is 4.48. The molecule has 2 aromatic carbocycles. The highest BCUT2D eigenvalue weighted by Gasteiger charge is 2.27. The Morgan fingerprint density at radius 2 is 1.83 bits per heavy atom. The molecule has 0 saturated carbocycles. The molecule has 3 aromatic rings. The van der Waals surface area contributed by atoms with Gasteiger partial charge in [-0.2, -0.15) is 9.57 Å². The summed E-state index contributed by atoms with van der Waals surface area (Å²) in [6, 6.07) is 20.7. The Labute approximate surface area is 172 Å². The highest BCUT2D eigenvalue weighted by Crippen LogP contribution is 2.29. The standard InChI is InChI=1S/C23H23N3O2S/c1-3-29(27,28)26(17-20-6-5-13-25-16-20)18(2)22-7-4-8-23(14-22)21-11-9-19(15-24)10-12-21/h4-14,16,18H,3,17H2,1-2H3. The summed E-state index contributed by atoms with van der Waals surface area (Å²) in [5.41, 5.74) is 4.33. The second-order valence-corrected chi connectivity index (χ2v) is 9.01. The molecule has 0 saturated heterocycles. The van der Waals surface area contributed by atoms with Gasteiger partial charge in [0, 0.05) is 25.0 Å². The summed E-state index contributed by atoms with van der Waals surface area (Å²) in [5.74, 6) is 0.0346. The fourth-order valence-electron chi connectivity index (χ4n) is 3.20. The molecule has 5 nitrogen and oxygen atoms in total. The van der Waals surface area contributed by atoms with Crippen LogP contribution in [-0.4, -0.2) is 23.5 Å². The average molecular weight is 406 g/mol. The minimum absolute atomic E-state index is 0.0346. The van der Waals surface area contributed by atoms with Gasteiger partial charge in [-0.1, -0.05) is 36.4 Å². The van der Waals surface area contributed by atoms with Crippen molar-refractivity contribution in [2.45, 2.75) is 26.4 Å². The molecular formula is C23H23N3O2S. The zero-order valence-electron chi connectivity index (χ0n) is 16.5. The van der Waals surface area contributed by atoms with Crippen LogP contribution in [0.5, 0.6) is 0 Å². The van der Waals surface area contributed by atoms with Gasteiger partial charge in [0.2, 0.25) is 10.0 Å². The molecule has 3 rings (SSSR count). The van der Waals surface area contributed by atoms with Crippen LogP contribution in [0.2, 0.25) is 0 Å². The van der Waals surface area contributed by atoms with Gasteiger partial charge in [0.25, 0.3) is 0 Å². The van der Waals surface area contributed by atoms with E-state index in [1.54, 1.807) is 31.5 Å². The Morgan fingerprint density at radius 1 is 1.07 bits per heavy atom. The maximum absolute atomic E-state index is 12.8. The van der Waals surface area contributed by atoms with E-state index in [0.29, 0.717) is 5.56 Å². The van der Waals surface area contributed by atoms with Gasteiger partial charge in [0.15, 0.2) is 0 Å². The van der Waals surface area contributed by atoms with Crippen LogP contribution in [0.4, 0.5) is 0 Å². The van der Waals surface area contributed by atoms with Crippen molar-refractivity contribution in [2.75, 3.05) is 5.75 Å². The predicted molar refractivity (Wildman–Crippen MR) is 114 cm³/mol. The molecule has 0 bridgehead atoms. The van der Waals surface area contributed by atoms with Crippen LogP contribution in [0.15, 0.2) is 73.1 Å². The maximum atomic E-state index is 12.8. The van der Waals surface area contributed by atoms with Crippen molar-refractivity contribution in [2.24, 2.45) is 0 Å². The second-order valence-electron chi connectivity index (χ2n) is 6.80. The summed E-state index contributed by atoms with van der Waals surface area (Å²) >= 11 is 0. The first kappa shape index (κ1) is 20.7. The van der Waals surface area contributed by atoms with Crippen LogP contribution >= 0.6 is 0 Å². The third-order valence-corrected chi connectivity index (χ3v) is 6.82. The molecule has 1 atom stereocenters. The minimum Gasteiger partial charge on any atom is -0.264 e. The number of rotatable bonds is 7. The largest absolute Gasteiger partial charge is 0.264 e. The number of nitrogens with zero attached hydrogens (tertiary/aromatic N) is 3. The van der Waals surface area contributed by atoms with Gasteiger partial charge in [-0.3, -0.25) is 4.98 Å². The Kier molecular flexibility index (Phi) is 6.42. The van der Waals surface area contributed by atoms with E-state index < -0.39 is 10.0 Å². The van der Waals surface area contributed by atoms with E-state index in [0.717, 1.165) is 22.3 Å². The molecule has 0 aliphatic heterocycles. The summed E-state index contributed by atoms with van der Waals surface area (Å²) in [7, 11) is -3.42. The Morgan fingerprint density at radius 3 is 2.45 bits per heavy atom. The number of pyridine rings is 1. The summed E-state index contributed by atoms with van der Waals surface area (Å²) in [6.07, 6.45) is 3.37. The van der Waals surface area contributed by atoms with Gasteiger partial charge in [-0.05, 0) is 60.4 Å². The van der Waals surface area contributed by atoms with Crippen molar-refractivity contribution >= 4 is 10.0 Å². The lowest BCUT2D eigenvalue weighted by molar-refractivity contribution is 0.336. The number of sulfonamides is 1. The van der Waals surface area contributed by atoms with Crippen LogP contribution in [0.25, 0.3) is 11.1 Å². The monoisotopic (exact) mass is 405 g/mol. The maximum Gasteiger partial charge on any atom is 0.214 e. The minimum atomic E-state index is -3.42. The number of aromatic nitrogens is 1. The molecule has 1 unspecified atom stereocenters. The van der Waals surface area contributed by atoms with Crippen molar-refractivity contribution in [1.29, 1.82) is 5.26 Å². The number of nitriles is 1. The first-order chi connectivity index (χ1) is 13.9. The quantitative estimate of drug-likeness (QED) is 0.579. The molecule has 29 heavy (non-hydrogen) atoms. The lowest BCUT2D eigenvalue weighted by atomic mass is 9.99. The molecule has 1 heterocycles. The van der Waals surface area contributed by atoms with E-state index in [1.807, 2.05) is 55.5 Å². The van der Waals surface area contributed by atoms with E-state index >= 15 is 0 Å². The highest BCUT2D eigenvalue weighted by atomic mass is 32.2. The van der Waals surface area contributed by atoms with Crippen LogP contribution < -0.4 is 0 Å². The molecular weight excluding hydrogens is 382 g/mol. The Balaban J connectivity index is 1.95. The third-order valence-electron chi connectivity index (χ3n) is 4.93. The molecule has 6 heteroatoms. The lowest BCUT2D eigenvalue weighted by Gasteiger charge is -2.28. The lowest BCUT2D eigenvalue weighted by Crippen LogP contribution is -2.34. The van der Waals surface area contributed by atoms with E-state index in [-0.39, 0.29) is 18.3 Å². The van der Waals surface area contributed by atoms with Crippen molar-refractivity contribution in [3.8, 4) is 17.2 Å². The Bertz CT molecular complexity index is 1100. The van der Waals surface area contributed by atoms with Crippen molar-refractivity contribution in [3.05, 3.63) is 89.7 Å². The van der Waals surface area contributed by atoms with E-state index in [1.165, 1.54) is 4.31 Å². The van der Waals surface area contributed by atoms with Crippen molar-refractivity contribution in [1.82, 2.24) is 9.29 Å². The summed E-state index contributed by atoms with van der Waals surface area (Å²) in [4.78, 5) is 4.10. The topological polar surface area (TPSA) is 74.1 Å². The van der Waals surface area contributed by atoms with Gasteiger partial charge >= 0.3 is 0 Å². The molecule has 0 amide bonds. The molecule has 0 aliphatic carbocycles. The first-order valence-electron chi connectivity index (χ1n) is 9.43. The van der Waals surface area contributed by atoms with Crippen LogP contribution in [0.3, 0.4) is 0 Å². The normalized spacial score (nSPS) is 12.5. The van der Waals surface area contributed by atoms with Crippen LogP contribution in [0, 0.1) is 11.3 Å². The highest BCUT2D eigenvalue weighted by molar-refractivity contribution is 7.89. The number of hydrogen-bond acceptors (Lipinski definition) is 4. The van der Waals surface area contributed by atoms with E-state index in [2.05, 4.69) is 11.1 Å². The fraction of sp³-hybridized carbons (Fsp3) is 0.217. The van der Waals surface area contributed by atoms with Gasteiger partial charge in [-0.25, -0.2) is 8.42 Å². The SMILES string of the molecule is CCS(=O)(=O)N(Cc1cccnc1)C(C)c1cccc(-c2ccc(C#N)cc2)c1. The molecule has 0 fully saturated rings. The number of benzene rings is 2. The van der Waals surface area contributed by atoms with E-state index in [9.17, 15) is 8.42 Å². The van der Waals surface area contributed by atoms with Crippen molar-refractivity contribution in [3.63, 3.8) is 0 Å². The van der Waals surface area contributed by atoms with Gasteiger partial charge in [-0.15, -0.1) is 0 Å². The van der Waals surface area contributed by atoms with E-state index in [4.69, 9.17) is 5.26 Å². The zero-order chi connectivity index (χ0) is 20.9. The molecule has 0 aliphatic rings. The molecule has 0 radical (unpaired) electrons. The second kappa shape index (κ2) is 8.99. The first-order valence-corrected chi connectivity index (χ1v) is 11.0. The van der Waals surface area contributed by atoms with Gasteiger partial charge in [0.05, 0.1) is 17.4 Å². The summed E-state index contributed by atoms with van der Waals surface area (Å²) in [6.45, 7) is 3.83. The number of hydrogen-bond donors (Lipinski definition) is 0. The predicted octanol–water partition coefficient (Wildman–Crippen LogP) is 4.53. The Hall–Kier alpha value is -3.01. The van der Waals surface area contributed by atoms with Gasteiger partial charge in [0.1, 0.15) is 0 Å². The molecule has 1 aromatic heterocycles. The third kappa shape index (κ3) is 4.89. The van der Waals surface area contributed by atoms with Crippen molar-refractivity contribution < 1.29 is 8.42 Å².